The van der Waals surface area contributed by atoms with E-state index in [0.717, 1.165) is 0 Å². The Morgan fingerprint density at radius 2 is 2.29 bits per heavy atom. The summed E-state index contributed by atoms with van der Waals surface area (Å²) in [5.41, 5.74) is 0.396. The smallest absolute Gasteiger partial charge is 0.261 e. The van der Waals surface area contributed by atoms with Crippen LogP contribution in [-0.4, -0.2) is 19.7 Å². The van der Waals surface area contributed by atoms with Crippen molar-refractivity contribution in [1.82, 2.24) is 5.32 Å². The molecule has 0 aromatic heterocycles. The minimum atomic E-state index is -0.453. The van der Waals surface area contributed by atoms with Crippen LogP contribution in [0, 0.1) is 11.3 Å². The second kappa shape index (κ2) is 6.38. The summed E-state index contributed by atoms with van der Waals surface area (Å²) in [6.45, 7) is 6.77. The quantitative estimate of drug-likeness (QED) is 0.310. The average molecular weight is 189 g/mol. The van der Waals surface area contributed by atoms with Gasteiger partial charge in [0.2, 0.25) is 0 Å². The zero-order valence-corrected chi connectivity index (χ0v) is 7.95. The molecule has 0 unspecified atom stereocenters. The van der Waals surface area contributed by atoms with E-state index in [1.165, 1.54) is 19.2 Å². The molecule has 1 N–H and O–H groups in total. The molecule has 4 nitrogen and oxygen atoms in total. The lowest BCUT2D eigenvalue weighted by Gasteiger charge is -1.96. The molecule has 0 aromatic carbocycles. The third-order valence-electron chi connectivity index (χ3n) is 1.36. The van der Waals surface area contributed by atoms with Gasteiger partial charge in [0, 0.05) is 7.05 Å². The third-order valence-corrected chi connectivity index (χ3v) is 1.36. The van der Waals surface area contributed by atoms with Crippen molar-refractivity contribution in [3.05, 3.63) is 36.1 Å². The van der Waals surface area contributed by atoms with Crippen LogP contribution in [0.1, 0.15) is 0 Å². The van der Waals surface area contributed by atoms with E-state index >= 15 is 0 Å². The summed E-state index contributed by atoms with van der Waals surface area (Å²) in [6.07, 6.45) is 4.39. The summed E-state index contributed by atoms with van der Waals surface area (Å²) in [5, 5.41) is 11.0. The fraction of sp³-hybridized carbons (Fsp3) is 0.100. The summed E-state index contributed by atoms with van der Waals surface area (Å²) in [5.74, 6) is -0.453. The van der Waals surface area contributed by atoms with Crippen LogP contribution in [0.15, 0.2) is 41.1 Å². The van der Waals surface area contributed by atoms with E-state index in [-0.39, 0.29) is 5.57 Å². The summed E-state index contributed by atoms with van der Waals surface area (Å²) < 4.78 is 0. The second-order valence-corrected chi connectivity index (χ2v) is 2.23. The Hall–Kier alpha value is -2.15. The van der Waals surface area contributed by atoms with Gasteiger partial charge in [-0.25, -0.2) is 0 Å². The molecule has 0 atom stereocenters. The second-order valence-electron chi connectivity index (χ2n) is 2.23. The summed E-state index contributed by atoms with van der Waals surface area (Å²) in [7, 11) is 1.45. The number of allylic oxidation sites excluding steroid dienone is 3. The minimum Gasteiger partial charge on any atom is -0.354 e. The van der Waals surface area contributed by atoms with Gasteiger partial charge >= 0.3 is 0 Å². The Kier molecular flexibility index (Phi) is 5.40. The molecule has 0 rings (SSSR count). The van der Waals surface area contributed by atoms with Gasteiger partial charge in [-0.1, -0.05) is 12.7 Å². The molecule has 0 aliphatic rings. The lowest BCUT2D eigenvalue weighted by molar-refractivity contribution is -0.116. The first-order valence-electron chi connectivity index (χ1n) is 3.83. The Bertz CT molecular complexity index is 345. The maximum Gasteiger partial charge on any atom is 0.261 e. The molecule has 0 radical (unpaired) electrons. The molecule has 0 saturated carbocycles. The highest BCUT2D eigenvalue weighted by Gasteiger charge is 2.05. The van der Waals surface area contributed by atoms with E-state index in [9.17, 15) is 4.79 Å². The fourth-order valence-corrected chi connectivity index (χ4v) is 0.698. The van der Waals surface area contributed by atoms with E-state index in [1.807, 2.05) is 0 Å². The van der Waals surface area contributed by atoms with Gasteiger partial charge < -0.3 is 5.32 Å². The summed E-state index contributed by atoms with van der Waals surface area (Å²) >= 11 is 0. The first kappa shape index (κ1) is 11.8. The van der Waals surface area contributed by atoms with E-state index in [4.69, 9.17) is 5.26 Å². The molecule has 0 aromatic rings. The molecular weight excluding hydrogens is 178 g/mol. The maximum atomic E-state index is 11.1. The molecule has 0 aliphatic heterocycles. The number of carbonyl (C=O) groups is 1. The van der Waals surface area contributed by atoms with Crippen molar-refractivity contribution in [2.24, 2.45) is 4.99 Å². The molecule has 14 heavy (non-hydrogen) atoms. The molecular formula is C10H11N3O. The lowest BCUT2D eigenvalue weighted by atomic mass is 10.2. The minimum absolute atomic E-state index is 0.0204. The largest absolute Gasteiger partial charge is 0.354 e. The fourth-order valence-electron chi connectivity index (χ4n) is 0.698. The predicted molar refractivity (Wildman–Crippen MR) is 55.6 cm³/mol. The normalized spacial score (nSPS) is 11.4. The average Bonchev–Trinajstić information content (AvgIpc) is 2.23. The topological polar surface area (TPSA) is 65.2 Å². The van der Waals surface area contributed by atoms with E-state index < -0.39 is 5.91 Å². The number of aliphatic imine (C=N–C) groups is 1. The van der Waals surface area contributed by atoms with Crippen LogP contribution < -0.4 is 5.32 Å². The van der Waals surface area contributed by atoms with Gasteiger partial charge in [-0.15, -0.1) is 0 Å². The number of carbonyl (C=O) groups excluding carboxylic acids is 1. The highest BCUT2D eigenvalue weighted by atomic mass is 16.1. The SMILES string of the molecule is C=C/C=C(/C=C(\C#N)C(=O)NC)N=C. The van der Waals surface area contributed by atoms with Gasteiger partial charge in [0.05, 0.1) is 5.70 Å². The molecule has 72 valence electrons. The van der Waals surface area contributed by atoms with Crippen LogP contribution in [0.2, 0.25) is 0 Å². The van der Waals surface area contributed by atoms with Crippen molar-refractivity contribution in [1.29, 1.82) is 5.26 Å². The Balaban J connectivity index is 5.02. The lowest BCUT2D eigenvalue weighted by Crippen LogP contribution is -2.19. The van der Waals surface area contributed by atoms with Crippen LogP contribution in [0.5, 0.6) is 0 Å². The van der Waals surface area contributed by atoms with Crippen molar-refractivity contribution in [3.8, 4) is 6.07 Å². The van der Waals surface area contributed by atoms with Gasteiger partial charge in [-0.05, 0) is 18.9 Å². The summed E-state index contributed by atoms with van der Waals surface area (Å²) in [6, 6.07) is 1.76. The van der Waals surface area contributed by atoms with E-state index in [0.29, 0.717) is 5.70 Å². The maximum absolute atomic E-state index is 11.1. The number of rotatable bonds is 4. The van der Waals surface area contributed by atoms with Crippen LogP contribution in [0.3, 0.4) is 0 Å². The monoisotopic (exact) mass is 189 g/mol. The van der Waals surface area contributed by atoms with Crippen molar-refractivity contribution < 1.29 is 4.79 Å². The first-order valence-corrected chi connectivity index (χ1v) is 3.83. The molecule has 0 fully saturated rings. The molecule has 0 bridgehead atoms. The van der Waals surface area contributed by atoms with Gasteiger partial charge in [0.1, 0.15) is 11.6 Å². The molecule has 0 saturated heterocycles. The van der Waals surface area contributed by atoms with E-state index in [1.54, 1.807) is 12.1 Å². The first-order chi connectivity index (χ1) is 6.69. The number of nitrogens with one attached hydrogen (secondary N) is 1. The molecule has 0 aliphatic carbocycles. The third kappa shape index (κ3) is 3.50. The van der Waals surface area contributed by atoms with Gasteiger partial charge in [0.15, 0.2) is 0 Å². The van der Waals surface area contributed by atoms with Gasteiger partial charge in [0.25, 0.3) is 5.91 Å². The Labute approximate surface area is 83.0 Å². The Morgan fingerprint density at radius 1 is 1.64 bits per heavy atom. The number of nitrogens with zero attached hydrogens (tertiary/aromatic N) is 2. The zero-order valence-electron chi connectivity index (χ0n) is 7.95. The van der Waals surface area contributed by atoms with Crippen molar-refractivity contribution in [3.63, 3.8) is 0 Å². The molecule has 1 amide bonds. The predicted octanol–water partition coefficient (Wildman–Crippen LogP) is 0.953. The molecule has 0 spiro atoms. The standard InChI is InChI=1S/C10H11N3O/c1-4-5-9(12-2)6-8(7-11)10(14)13-3/h4-6H,1-2H2,3H3,(H,13,14)/b8-6+,9-5-. The summed E-state index contributed by atoms with van der Waals surface area (Å²) in [4.78, 5) is 14.7. The van der Waals surface area contributed by atoms with Gasteiger partial charge in [-0.2, -0.15) is 5.26 Å². The van der Waals surface area contributed by atoms with Crippen molar-refractivity contribution >= 4 is 12.6 Å². The number of amides is 1. The van der Waals surface area contributed by atoms with Crippen LogP contribution >= 0.6 is 0 Å². The number of hydrogen-bond acceptors (Lipinski definition) is 3. The number of nitriles is 1. The molecule has 4 heteroatoms. The van der Waals surface area contributed by atoms with Crippen molar-refractivity contribution in [2.75, 3.05) is 7.05 Å². The van der Waals surface area contributed by atoms with Gasteiger partial charge in [-0.3, -0.25) is 9.79 Å². The van der Waals surface area contributed by atoms with E-state index in [2.05, 4.69) is 23.6 Å². The number of likely N-dealkylation sites (N-methyl/N-ethyl adjacent to an activating group) is 1. The number of hydrogen-bond donors (Lipinski definition) is 1. The highest BCUT2D eigenvalue weighted by Crippen LogP contribution is 2.03. The van der Waals surface area contributed by atoms with Crippen molar-refractivity contribution in [2.45, 2.75) is 0 Å². The van der Waals surface area contributed by atoms with Crippen LogP contribution in [0.4, 0.5) is 0 Å². The zero-order chi connectivity index (χ0) is 11.0. The molecule has 0 heterocycles. The Morgan fingerprint density at radius 3 is 2.64 bits per heavy atom. The highest BCUT2D eigenvalue weighted by molar-refractivity contribution is 5.97. The van der Waals surface area contributed by atoms with Crippen LogP contribution in [-0.2, 0) is 4.79 Å². The van der Waals surface area contributed by atoms with Crippen LogP contribution in [0.25, 0.3) is 0 Å².